The van der Waals surface area contributed by atoms with E-state index in [2.05, 4.69) is 54.0 Å². The average Bonchev–Trinajstić information content (AvgIpc) is 3.33. The molecule has 5 rings (SSSR count). The molecule has 126 valence electrons. The molecular weight excluding hydrogens is 314 g/mol. The molecule has 7 nitrogen and oxygen atoms in total. The molecule has 0 fully saturated rings. The van der Waals surface area contributed by atoms with E-state index in [0.717, 1.165) is 43.5 Å². The number of hydrazine groups is 1. The second-order valence-corrected chi connectivity index (χ2v) is 6.56. The zero-order valence-corrected chi connectivity index (χ0v) is 14.1. The Hall–Kier alpha value is -2.77. The fourth-order valence-electron chi connectivity index (χ4n) is 3.54. The van der Waals surface area contributed by atoms with Crippen LogP contribution in [0.5, 0.6) is 0 Å². The van der Waals surface area contributed by atoms with Gasteiger partial charge in [0.25, 0.3) is 0 Å². The lowest BCUT2D eigenvalue weighted by Crippen LogP contribution is -2.47. The van der Waals surface area contributed by atoms with Gasteiger partial charge in [0.05, 0.1) is 13.1 Å². The van der Waals surface area contributed by atoms with E-state index >= 15 is 0 Å². The summed E-state index contributed by atoms with van der Waals surface area (Å²) in [6.45, 7) is 5.38. The van der Waals surface area contributed by atoms with Crippen LogP contribution in [0.1, 0.15) is 22.6 Å². The van der Waals surface area contributed by atoms with E-state index in [-0.39, 0.29) is 0 Å². The van der Waals surface area contributed by atoms with Crippen LogP contribution < -0.4 is 0 Å². The summed E-state index contributed by atoms with van der Waals surface area (Å²) in [5, 5.41) is 11.9. The Kier molecular flexibility index (Phi) is 3.29. The molecule has 0 saturated heterocycles. The van der Waals surface area contributed by atoms with Gasteiger partial charge >= 0.3 is 0 Å². The minimum atomic E-state index is 0.707. The van der Waals surface area contributed by atoms with Gasteiger partial charge in [-0.05, 0) is 18.1 Å². The van der Waals surface area contributed by atoms with Crippen LogP contribution in [0.4, 0.5) is 5.82 Å². The number of nitrogens with one attached hydrogen (secondary N) is 1. The standard InChI is InChI=1S/C18H19N7/c1-13-8-16(22-21-13)20-18-12-24(11-17-19-6-7-25(17)18)23-9-14-4-2-3-5-15(14)10-23/h2-8H,9-12H2,1H3,(H,21,22). The van der Waals surface area contributed by atoms with Gasteiger partial charge in [-0.1, -0.05) is 24.3 Å². The molecule has 0 radical (unpaired) electrons. The third-order valence-electron chi connectivity index (χ3n) is 4.80. The van der Waals surface area contributed by atoms with Crippen LogP contribution in [0.15, 0.2) is 47.7 Å². The molecule has 2 aromatic heterocycles. The van der Waals surface area contributed by atoms with Gasteiger partial charge in [-0.15, -0.1) is 0 Å². The summed E-state index contributed by atoms with van der Waals surface area (Å²) in [4.78, 5) is 9.26. The van der Waals surface area contributed by atoms with Crippen molar-refractivity contribution >= 4 is 11.7 Å². The molecule has 7 heteroatoms. The van der Waals surface area contributed by atoms with Crippen molar-refractivity contribution in [3.05, 3.63) is 65.4 Å². The number of hydrogen-bond donors (Lipinski definition) is 1. The highest BCUT2D eigenvalue weighted by Crippen LogP contribution is 2.26. The smallest absolute Gasteiger partial charge is 0.175 e. The molecule has 4 heterocycles. The number of aliphatic imine (C=N–C) groups is 1. The van der Waals surface area contributed by atoms with Crippen LogP contribution in [-0.4, -0.2) is 42.1 Å². The lowest BCUT2D eigenvalue weighted by Gasteiger charge is -2.35. The second kappa shape index (κ2) is 5.65. The van der Waals surface area contributed by atoms with E-state index in [1.807, 2.05) is 25.4 Å². The minimum absolute atomic E-state index is 0.707. The molecule has 1 aromatic carbocycles. The first kappa shape index (κ1) is 14.6. The zero-order chi connectivity index (χ0) is 16.8. The van der Waals surface area contributed by atoms with Gasteiger partial charge in [0.15, 0.2) is 5.82 Å². The third kappa shape index (κ3) is 2.57. The molecule has 2 aliphatic heterocycles. The number of nitrogens with zero attached hydrogens (tertiary/aromatic N) is 6. The Labute approximate surface area is 145 Å². The number of rotatable bonds is 2. The molecule has 2 aliphatic rings. The van der Waals surface area contributed by atoms with Crippen molar-refractivity contribution in [2.45, 2.75) is 26.6 Å². The van der Waals surface area contributed by atoms with E-state index in [1.165, 1.54) is 11.1 Å². The predicted octanol–water partition coefficient (Wildman–Crippen LogP) is 2.24. The number of fused-ring (bicyclic) bond motifs is 2. The molecule has 0 atom stereocenters. The highest BCUT2D eigenvalue weighted by Gasteiger charge is 2.30. The molecular formula is C18H19N7. The second-order valence-electron chi connectivity index (χ2n) is 6.56. The molecule has 0 bridgehead atoms. The van der Waals surface area contributed by atoms with Gasteiger partial charge in [0.2, 0.25) is 0 Å². The minimum Gasteiger partial charge on any atom is -0.289 e. The van der Waals surface area contributed by atoms with E-state index in [0.29, 0.717) is 5.82 Å². The number of hydrogen-bond acceptors (Lipinski definition) is 5. The summed E-state index contributed by atoms with van der Waals surface area (Å²) in [6, 6.07) is 10.6. The van der Waals surface area contributed by atoms with Crippen LogP contribution in [0, 0.1) is 6.92 Å². The summed E-state index contributed by atoms with van der Waals surface area (Å²) < 4.78 is 2.07. The highest BCUT2D eigenvalue weighted by atomic mass is 15.6. The van der Waals surface area contributed by atoms with Gasteiger partial charge in [0, 0.05) is 37.2 Å². The van der Waals surface area contributed by atoms with Crippen LogP contribution >= 0.6 is 0 Å². The van der Waals surface area contributed by atoms with Gasteiger partial charge in [-0.3, -0.25) is 9.67 Å². The van der Waals surface area contributed by atoms with Crippen molar-refractivity contribution in [2.75, 3.05) is 6.54 Å². The van der Waals surface area contributed by atoms with Crippen molar-refractivity contribution in [1.29, 1.82) is 0 Å². The number of H-pyrrole nitrogens is 1. The van der Waals surface area contributed by atoms with Gasteiger partial charge in [-0.25, -0.2) is 20.0 Å². The fourth-order valence-corrected chi connectivity index (χ4v) is 3.54. The summed E-state index contributed by atoms with van der Waals surface area (Å²) in [5.41, 5.74) is 3.81. The molecule has 3 aromatic rings. The summed E-state index contributed by atoms with van der Waals surface area (Å²) in [7, 11) is 0. The number of imidazole rings is 1. The van der Waals surface area contributed by atoms with Crippen molar-refractivity contribution in [3.63, 3.8) is 0 Å². The van der Waals surface area contributed by atoms with Gasteiger partial charge in [-0.2, -0.15) is 5.10 Å². The van der Waals surface area contributed by atoms with Gasteiger partial charge in [0.1, 0.15) is 11.7 Å². The topological polar surface area (TPSA) is 65.3 Å². The monoisotopic (exact) mass is 333 g/mol. The quantitative estimate of drug-likeness (QED) is 0.781. The first-order valence-electron chi connectivity index (χ1n) is 8.45. The zero-order valence-electron chi connectivity index (χ0n) is 14.1. The third-order valence-corrected chi connectivity index (χ3v) is 4.80. The van der Waals surface area contributed by atoms with Crippen LogP contribution in [-0.2, 0) is 19.6 Å². The van der Waals surface area contributed by atoms with Crippen molar-refractivity contribution < 1.29 is 0 Å². The molecule has 25 heavy (non-hydrogen) atoms. The first-order chi connectivity index (χ1) is 12.3. The normalized spacial score (nSPS) is 19.3. The van der Waals surface area contributed by atoms with E-state index in [1.54, 1.807) is 0 Å². The SMILES string of the molecule is Cc1cc(N=C2CN(N3Cc4ccccc4C3)Cc3nccn32)n[nH]1. The average molecular weight is 333 g/mol. The summed E-state index contributed by atoms with van der Waals surface area (Å²) >= 11 is 0. The number of aryl methyl sites for hydroxylation is 1. The van der Waals surface area contributed by atoms with Crippen molar-refractivity contribution in [3.8, 4) is 0 Å². The number of aromatic nitrogens is 4. The molecule has 0 saturated carbocycles. The molecule has 0 unspecified atom stereocenters. The van der Waals surface area contributed by atoms with Crippen LogP contribution in [0.2, 0.25) is 0 Å². The predicted molar refractivity (Wildman–Crippen MR) is 94.1 cm³/mol. The number of aromatic amines is 1. The van der Waals surface area contributed by atoms with Crippen LogP contribution in [0.25, 0.3) is 0 Å². The Balaban J connectivity index is 1.46. The molecule has 0 aliphatic carbocycles. The Morgan fingerprint density at radius 2 is 1.80 bits per heavy atom. The summed E-state index contributed by atoms with van der Waals surface area (Å²) in [6.07, 6.45) is 3.81. The molecule has 1 N–H and O–H groups in total. The fraction of sp³-hybridized carbons (Fsp3) is 0.278. The van der Waals surface area contributed by atoms with E-state index in [9.17, 15) is 0 Å². The van der Waals surface area contributed by atoms with E-state index < -0.39 is 0 Å². The maximum atomic E-state index is 4.75. The number of benzene rings is 1. The van der Waals surface area contributed by atoms with Gasteiger partial charge < -0.3 is 0 Å². The van der Waals surface area contributed by atoms with Crippen molar-refractivity contribution in [1.82, 2.24) is 29.8 Å². The lowest BCUT2D eigenvalue weighted by molar-refractivity contribution is -0.0309. The maximum Gasteiger partial charge on any atom is 0.175 e. The summed E-state index contributed by atoms with van der Waals surface area (Å²) in [5.74, 6) is 2.66. The molecule has 0 amide bonds. The van der Waals surface area contributed by atoms with Crippen molar-refractivity contribution in [2.24, 2.45) is 4.99 Å². The molecule has 0 spiro atoms. The van der Waals surface area contributed by atoms with Crippen LogP contribution in [0.3, 0.4) is 0 Å². The Morgan fingerprint density at radius 3 is 2.52 bits per heavy atom. The largest absolute Gasteiger partial charge is 0.289 e. The highest BCUT2D eigenvalue weighted by molar-refractivity contribution is 5.89. The Morgan fingerprint density at radius 1 is 1.04 bits per heavy atom. The maximum absolute atomic E-state index is 4.75. The van der Waals surface area contributed by atoms with E-state index in [4.69, 9.17) is 4.99 Å². The first-order valence-corrected chi connectivity index (χ1v) is 8.45. The lowest BCUT2D eigenvalue weighted by atomic mass is 10.1. The Bertz CT molecular complexity index is 927.